The van der Waals surface area contributed by atoms with Gasteiger partial charge in [0.05, 0.1) is 11.5 Å². The molecule has 0 radical (unpaired) electrons. The van der Waals surface area contributed by atoms with E-state index in [1.807, 2.05) is 0 Å². The summed E-state index contributed by atoms with van der Waals surface area (Å²) in [5, 5.41) is 13.5. The summed E-state index contributed by atoms with van der Waals surface area (Å²) in [5.41, 5.74) is 0.859. The van der Waals surface area contributed by atoms with E-state index in [-0.39, 0.29) is 5.69 Å². The molecule has 1 aromatic rings. The van der Waals surface area contributed by atoms with E-state index in [1.54, 1.807) is 13.0 Å². The highest BCUT2D eigenvalue weighted by Gasteiger charge is 2.07. The van der Waals surface area contributed by atoms with Gasteiger partial charge in [0, 0.05) is 22.3 Å². The molecule has 0 spiro atoms. The molecule has 78 valence electrons. The van der Waals surface area contributed by atoms with Crippen molar-refractivity contribution in [1.82, 2.24) is 0 Å². The quantitative estimate of drug-likeness (QED) is 0.521. The lowest BCUT2D eigenvalue weighted by Crippen LogP contribution is -1.99. The summed E-state index contributed by atoms with van der Waals surface area (Å²) in [6.07, 6.45) is 0. The Morgan fingerprint density at radius 3 is 2.87 bits per heavy atom. The number of nitrogens with one attached hydrogen (secondary N) is 1. The Morgan fingerprint density at radius 2 is 2.33 bits per heavy atom. The highest BCUT2D eigenvalue weighted by molar-refractivity contribution is 9.10. The van der Waals surface area contributed by atoms with E-state index in [0.717, 1.165) is 5.69 Å². The molecule has 0 saturated carbocycles. The molecule has 0 heterocycles. The van der Waals surface area contributed by atoms with E-state index in [2.05, 4.69) is 33.1 Å². The summed E-state index contributed by atoms with van der Waals surface area (Å²) in [6, 6.07) is 4.56. The van der Waals surface area contributed by atoms with E-state index in [9.17, 15) is 10.1 Å². The van der Waals surface area contributed by atoms with Gasteiger partial charge in [0.25, 0.3) is 5.69 Å². The monoisotopic (exact) mass is 268 g/mol. The van der Waals surface area contributed by atoms with Gasteiger partial charge in [-0.25, -0.2) is 0 Å². The Morgan fingerprint density at radius 1 is 1.60 bits per heavy atom. The Hall–Kier alpha value is -1.54. The van der Waals surface area contributed by atoms with E-state index < -0.39 is 4.92 Å². The second kappa shape index (κ2) is 5.37. The Balaban J connectivity index is 2.82. The van der Waals surface area contributed by atoms with Crippen molar-refractivity contribution in [2.24, 2.45) is 0 Å². The summed E-state index contributed by atoms with van der Waals surface area (Å²) in [5.74, 6) is 5.60. The maximum absolute atomic E-state index is 10.5. The van der Waals surface area contributed by atoms with Crippen molar-refractivity contribution < 1.29 is 4.92 Å². The van der Waals surface area contributed by atoms with Crippen molar-refractivity contribution in [3.05, 3.63) is 32.8 Å². The zero-order chi connectivity index (χ0) is 11.3. The van der Waals surface area contributed by atoms with Crippen LogP contribution < -0.4 is 5.32 Å². The fraction of sp³-hybridized carbons (Fsp3) is 0.200. The van der Waals surface area contributed by atoms with Gasteiger partial charge >= 0.3 is 0 Å². The average molecular weight is 269 g/mol. The number of benzene rings is 1. The van der Waals surface area contributed by atoms with Crippen LogP contribution in [0.15, 0.2) is 22.7 Å². The molecule has 0 aliphatic rings. The largest absolute Gasteiger partial charge is 0.373 e. The average Bonchev–Trinajstić information content (AvgIpc) is 2.20. The first-order chi connectivity index (χ1) is 7.15. The zero-order valence-corrected chi connectivity index (χ0v) is 9.67. The highest BCUT2D eigenvalue weighted by Crippen LogP contribution is 2.26. The lowest BCUT2D eigenvalue weighted by Gasteiger charge is -2.04. The molecule has 0 amide bonds. The van der Waals surface area contributed by atoms with Crippen molar-refractivity contribution in [2.45, 2.75) is 6.92 Å². The predicted molar refractivity (Wildman–Crippen MR) is 62.7 cm³/mol. The van der Waals surface area contributed by atoms with Crippen LogP contribution in [0, 0.1) is 22.0 Å². The van der Waals surface area contributed by atoms with Gasteiger partial charge in [0.15, 0.2) is 0 Å². The lowest BCUT2D eigenvalue weighted by molar-refractivity contribution is -0.384. The molecule has 1 aromatic carbocycles. The summed E-state index contributed by atoms with van der Waals surface area (Å²) in [6.45, 7) is 2.28. The van der Waals surface area contributed by atoms with Crippen molar-refractivity contribution in [2.75, 3.05) is 11.9 Å². The van der Waals surface area contributed by atoms with E-state index in [4.69, 9.17) is 0 Å². The minimum Gasteiger partial charge on any atom is -0.373 e. The third kappa shape index (κ3) is 3.26. The molecule has 1 rings (SSSR count). The molecular formula is C10H9BrN2O2. The topological polar surface area (TPSA) is 55.2 Å². The summed E-state index contributed by atoms with van der Waals surface area (Å²) >= 11 is 3.25. The molecule has 1 N–H and O–H groups in total. The maximum Gasteiger partial charge on any atom is 0.270 e. The van der Waals surface area contributed by atoms with Crippen LogP contribution in [0.1, 0.15) is 6.92 Å². The molecule has 15 heavy (non-hydrogen) atoms. The van der Waals surface area contributed by atoms with Gasteiger partial charge in [0.2, 0.25) is 0 Å². The second-order valence-electron chi connectivity index (χ2n) is 2.70. The number of hydrogen-bond acceptors (Lipinski definition) is 3. The minimum atomic E-state index is -0.430. The van der Waals surface area contributed by atoms with Crippen LogP contribution in [-0.2, 0) is 0 Å². The smallest absolute Gasteiger partial charge is 0.270 e. The van der Waals surface area contributed by atoms with Crippen molar-refractivity contribution >= 4 is 27.3 Å². The predicted octanol–water partition coefficient (Wildman–Crippen LogP) is 2.79. The van der Waals surface area contributed by atoms with Crippen LogP contribution in [0.5, 0.6) is 0 Å². The van der Waals surface area contributed by atoms with Gasteiger partial charge in [-0.05, 0) is 28.9 Å². The first-order valence-corrected chi connectivity index (χ1v) is 5.02. The summed E-state index contributed by atoms with van der Waals surface area (Å²) < 4.78 is 0.662. The van der Waals surface area contributed by atoms with Gasteiger partial charge in [-0.3, -0.25) is 10.1 Å². The van der Waals surface area contributed by atoms with Crippen molar-refractivity contribution in [3.63, 3.8) is 0 Å². The van der Waals surface area contributed by atoms with Gasteiger partial charge in [-0.1, -0.05) is 5.92 Å². The van der Waals surface area contributed by atoms with Crippen LogP contribution >= 0.6 is 15.9 Å². The lowest BCUT2D eigenvalue weighted by atomic mass is 10.3. The van der Waals surface area contributed by atoms with E-state index in [0.29, 0.717) is 11.0 Å². The van der Waals surface area contributed by atoms with Crippen LogP contribution in [0.2, 0.25) is 0 Å². The summed E-state index contributed by atoms with van der Waals surface area (Å²) in [7, 11) is 0. The number of halogens is 1. The summed E-state index contributed by atoms with van der Waals surface area (Å²) in [4.78, 5) is 10.0. The number of hydrogen-bond donors (Lipinski definition) is 1. The molecule has 0 saturated heterocycles. The Kier molecular flexibility index (Phi) is 4.13. The van der Waals surface area contributed by atoms with Crippen LogP contribution in [0.25, 0.3) is 0 Å². The molecule has 0 fully saturated rings. The first-order valence-electron chi connectivity index (χ1n) is 4.22. The van der Waals surface area contributed by atoms with Crippen LogP contribution in [0.3, 0.4) is 0 Å². The maximum atomic E-state index is 10.5. The third-order valence-electron chi connectivity index (χ3n) is 1.71. The van der Waals surface area contributed by atoms with Gasteiger partial charge in [-0.15, -0.1) is 5.92 Å². The SMILES string of the molecule is CC#CCNc1ccc([N+](=O)[O-])cc1Br. The van der Waals surface area contributed by atoms with E-state index in [1.165, 1.54) is 12.1 Å². The van der Waals surface area contributed by atoms with Gasteiger partial charge < -0.3 is 5.32 Å². The fourth-order valence-corrected chi connectivity index (χ4v) is 1.50. The number of nitro benzene ring substituents is 1. The Bertz CT molecular complexity index is 435. The Labute approximate surface area is 96.0 Å². The molecule has 0 unspecified atom stereocenters. The number of non-ortho nitro benzene ring substituents is 1. The second-order valence-corrected chi connectivity index (χ2v) is 3.56. The molecule has 0 aliphatic carbocycles. The highest BCUT2D eigenvalue weighted by atomic mass is 79.9. The fourth-order valence-electron chi connectivity index (χ4n) is 0.989. The molecule has 5 heteroatoms. The van der Waals surface area contributed by atoms with Gasteiger partial charge in [-0.2, -0.15) is 0 Å². The number of nitro groups is 1. The number of anilines is 1. The molecule has 4 nitrogen and oxygen atoms in total. The van der Waals surface area contributed by atoms with Crippen molar-refractivity contribution in [1.29, 1.82) is 0 Å². The standard InChI is InChI=1S/C10H9BrN2O2/c1-2-3-6-12-10-5-4-8(13(14)15)7-9(10)11/h4-5,7,12H,6H2,1H3. The van der Waals surface area contributed by atoms with Crippen LogP contribution in [0.4, 0.5) is 11.4 Å². The molecule has 0 aromatic heterocycles. The molecule has 0 atom stereocenters. The first kappa shape index (κ1) is 11.5. The molecule has 0 aliphatic heterocycles. The molecule has 0 bridgehead atoms. The van der Waals surface area contributed by atoms with E-state index >= 15 is 0 Å². The third-order valence-corrected chi connectivity index (χ3v) is 2.36. The number of nitrogens with zero attached hydrogens (tertiary/aromatic N) is 1. The molecular weight excluding hydrogens is 260 g/mol. The number of rotatable bonds is 3. The minimum absolute atomic E-state index is 0.0639. The van der Waals surface area contributed by atoms with Crippen molar-refractivity contribution in [3.8, 4) is 11.8 Å². The zero-order valence-electron chi connectivity index (χ0n) is 8.08. The normalized spacial score (nSPS) is 8.93. The van der Waals surface area contributed by atoms with Gasteiger partial charge in [0.1, 0.15) is 0 Å². The van der Waals surface area contributed by atoms with Crippen LogP contribution in [-0.4, -0.2) is 11.5 Å².